The number of carbonyl (C=O) groups excluding carboxylic acids is 1. The number of ketones is 1. The van der Waals surface area contributed by atoms with Gasteiger partial charge in [0, 0.05) is 18.8 Å². The summed E-state index contributed by atoms with van der Waals surface area (Å²) in [6.45, 7) is 0.712. The Balaban J connectivity index is 2.19. The second-order valence-corrected chi connectivity index (χ2v) is 3.35. The normalized spacial score (nSPS) is 15.9. The first-order valence-corrected chi connectivity index (χ1v) is 4.61. The summed E-state index contributed by atoms with van der Waals surface area (Å²) in [5.74, 6) is 0.0257. The number of aryl methyl sites for hydroxylation is 1. The van der Waals surface area contributed by atoms with Crippen LogP contribution in [-0.2, 0) is 11.8 Å². The molecule has 0 unspecified atom stereocenters. The SMILES string of the molecule is Cn1cc(C(=O)C2=COCCC2)cn1. The van der Waals surface area contributed by atoms with Crippen molar-refractivity contribution in [3.8, 4) is 0 Å². The van der Waals surface area contributed by atoms with Crippen LogP contribution in [0.2, 0.25) is 0 Å². The topological polar surface area (TPSA) is 44.1 Å². The van der Waals surface area contributed by atoms with E-state index < -0.39 is 0 Å². The van der Waals surface area contributed by atoms with E-state index in [2.05, 4.69) is 5.10 Å². The molecule has 2 heterocycles. The Morgan fingerprint density at radius 1 is 1.64 bits per heavy atom. The van der Waals surface area contributed by atoms with E-state index >= 15 is 0 Å². The molecule has 0 N–H and O–H groups in total. The molecule has 4 nitrogen and oxygen atoms in total. The lowest BCUT2D eigenvalue weighted by Gasteiger charge is -2.11. The van der Waals surface area contributed by atoms with Crippen LogP contribution in [0, 0.1) is 0 Å². The number of aromatic nitrogens is 2. The van der Waals surface area contributed by atoms with Gasteiger partial charge in [-0.15, -0.1) is 0 Å². The summed E-state index contributed by atoms with van der Waals surface area (Å²) in [5.41, 5.74) is 1.37. The van der Waals surface area contributed by atoms with Gasteiger partial charge in [0.25, 0.3) is 0 Å². The van der Waals surface area contributed by atoms with E-state index in [4.69, 9.17) is 4.74 Å². The third-order valence-electron chi connectivity index (χ3n) is 2.19. The first kappa shape index (κ1) is 8.99. The molecule has 1 aliphatic rings. The van der Waals surface area contributed by atoms with Crippen molar-refractivity contribution in [2.24, 2.45) is 7.05 Å². The molecule has 0 fully saturated rings. The van der Waals surface area contributed by atoms with Gasteiger partial charge in [0.05, 0.1) is 24.6 Å². The van der Waals surface area contributed by atoms with Gasteiger partial charge in [0.2, 0.25) is 0 Å². The van der Waals surface area contributed by atoms with Crippen LogP contribution in [-0.4, -0.2) is 22.2 Å². The van der Waals surface area contributed by atoms with E-state index in [9.17, 15) is 4.79 Å². The summed E-state index contributed by atoms with van der Waals surface area (Å²) < 4.78 is 6.74. The highest BCUT2D eigenvalue weighted by molar-refractivity contribution is 6.08. The monoisotopic (exact) mass is 192 g/mol. The van der Waals surface area contributed by atoms with Gasteiger partial charge in [0.1, 0.15) is 0 Å². The van der Waals surface area contributed by atoms with Crippen molar-refractivity contribution in [2.45, 2.75) is 12.8 Å². The molecule has 2 rings (SSSR count). The molecule has 0 bridgehead atoms. The lowest BCUT2D eigenvalue weighted by Crippen LogP contribution is -2.08. The number of rotatable bonds is 2. The zero-order chi connectivity index (χ0) is 9.97. The number of carbonyl (C=O) groups is 1. The van der Waals surface area contributed by atoms with Gasteiger partial charge < -0.3 is 4.74 Å². The molecule has 0 saturated carbocycles. The second kappa shape index (κ2) is 3.65. The minimum Gasteiger partial charge on any atom is -0.501 e. The highest BCUT2D eigenvalue weighted by Crippen LogP contribution is 2.16. The number of hydrogen-bond acceptors (Lipinski definition) is 3. The first-order chi connectivity index (χ1) is 6.77. The Morgan fingerprint density at radius 2 is 2.50 bits per heavy atom. The van der Waals surface area contributed by atoms with Gasteiger partial charge in [-0.25, -0.2) is 0 Å². The summed E-state index contributed by atoms with van der Waals surface area (Å²) in [4.78, 5) is 11.8. The average molecular weight is 192 g/mol. The van der Waals surface area contributed by atoms with Gasteiger partial charge in [-0.05, 0) is 12.8 Å². The lowest BCUT2D eigenvalue weighted by atomic mass is 10.0. The fourth-order valence-electron chi connectivity index (χ4n) is 1.46. The minimum absolute atomic E-state index is 0.0257. The Kier molecular flexibility index (Phi) is 2.35. The fourth-order valence-corrected chi connectivity index (χ4v) is 1.46. The quantitative estimate of drug-likeness (QED) is 0.663. The molecule has 0 radical (unpaired) electrons. The summed E-state index contributed by atoms with van der Waals surface area (Å²) in [5, 5.41) is 3.96. The van der Waals surface area contributed by atoms with Crippen molar-refractivity contribution in [2.75, 3.05) is 6.61 Å². The van der Waals surface area contributed by atoms with Crippen molar-refractivity contribution < 1.29 is 9.53 Å². The molecule has 4 heteroatoms. The van der Waals surface area contributed by atoms with E-state index in [1.54, 1.807) is 30.4 Å². The average Bonchev–Trinajstić information content (AvgIpc) is 2.65. The lowest BCUT2D eigenvalue weighted by molar-refractivity contribution is 0.101. The molecule has 0 atom stereocenters. The van der Waals surface area contributed by atoms with Gasteiger partial charge in [-0.3, -0.25) is 9.48 Å². The van der Waals surface area contributed by atoms with Crippen LogP contribution in [0.1, 0.15) is 23.2 Å². The van der Waals surface area contributed by atoms with Crippen LogP contribution in [0.3, 0.4) is 0 Å². The van der Waals surface area contributed by atoms with Crippen molar-refractivity contribution >= 4 is 5.78 Å². The van der Waals surface area contributed by atoms with Gasteiger partial charge in [-0.2, -0.15) is 5.10 Å². The molecule has 0 saturated heterocycles. The van der Waals surface area contributed by atoms with Crippen LogP contribution in [0.4, 0.5) is 0 Å². The highest BCUT2D eigenvalue weighted by atomic mass is 16.5. The van der Waals surface area contributed by atoms with Crippen molar-refractivity contribution in [1.82, 2.24) is 9.78 Å². The number of ether oxygens (including phenoxy) is 1. The van der Waals surface area contributed by atoms with Crippen molar-refractivity contribution in [1.29, 1.82) is 0 Å². The smallest absolute Gasteiger partial charge is 0.195 e. The minimum atomic E-state index is 0.0257. The van der Waals surface area contributed by atoms with E-state index in [0.717, 1.165) is 18.4 Å². The van der Waals surface area contributed by atoms with Crippen LogP contribution >= 0.6 is 0 Å². The first-order valence-electron chi connectivity index (χ1n) is 4.61. The molecule has 14 heavy (non-hydrogen) atoms. The molecule has 0 aliphatic carbocycles. The predicted molar refractivity (Wildman–Crippen MR) is 50.8 cm³/mol. The number of nitrogens with zero attached hydrogens (tertiary/aromatic N) is 2. The second-order valence-electron chi connectivity index (χ2n) is 3.35. The van der Waals surface area contributed by atoms with Crippen LogP contribution < -0.4 is 0 Å². The van der Waals surface area contributed by atoms with Gasteiger partial charge in [-0.1, -0.05) is 0 Å². The van der Waals surface area contributed by atoms with E-state index in [-0.39, 0.29) is 5.78 Å². The largest absolute Gasteiger partial charge is 0.501 e. The number of allylic oxidation sites excluding steroid dienone is 1. The van der Waals surface area contributed by atoms with E-state index in [1.807, 2.05) is 0 Å². The summed E-state index contributed by atoms with van der Waals surface area (Å²) >= 11 is 0. The Labute approximate surface area is 82.2 Å². The molecule has 1 aromatic rings. The fraction of sp³-hybridized carbons (Fsp3) is 0.400. The van der Waals surface area contributed by atoms with Gasteiger partial charge in [0.15, 0.2) is 5.78 Å². The maximum absolute atomic E-state index is 11.8. The number of Topliss-reactive ketones (excluding diaryl/α,β-unsaturated/α-hetero) is 1. The van der Waals surface area contributed by atoms with Crippen LogP contribution in [0.15, 0.2) is 24.2 Å². The Morgan fingerprint density at radius 3 is 3.07 bits per heavy atom. The summed E-state index contributed by atoms with van der Waals surface area (Å²) in [7, 11) is 1.79. The highest BCUT2D eigenvalue weighted by Gasteiger charge is 2.16. The standard InChI is InChI=1S/C10H12N2O2/c1-12-6-9(5-11-12)10(13)8-3-2-4-14-7-8/h5-7H,2-4H2,1H3. The molecule has 0 spiro atoms. The zero-order valence-electron chi connectivity index (χ0n) is 8.06. The van der Waals surface area contributed by atoms with Gasteiger partial charge >= 0.3 is 0 Å². The van der Waals surface area contributed by atoms with Crippen LogP contribution in [0.25, 0.3) is 0 Å². The summed E-state index contributed by atoms with van der Waals surface area (Å²) in [6, 6.07) is 0. The molecular formula is C10H12N2O2. The maximum Gasteiger partial charge on any atom is 0.195 e. The van der Waals surface area contributed by atoms with E-state index in [0.29, 0.717) is 12.2 Å². The molecular weight excluding hydrogens is 180 g/mol. The third-order valence-corrected chi connectivity index (χ3v) is 2.19. The third kappa shape index (κ3) is 1.69. The predicted octanol–water partition coefficient (Wildman–Crippen LogP) is 1.30. The molecule has 1 aromatic heterocycles. The zero-order valence-corrected chi connectivity index (χ0v) is 8.06. The van der Waals surface area contributed by atoms with Crippen LogP contribution in [0.5, 0.6) is 0 Å². The molecule has 0 aromatic carbocycles. The van der Waals surface area contributed by atoms with E-state index in [1.165, 1.54) is 0 Å². The maximum atomic E-state index is 11.8. The Hall–Kier alpha value is -1.58. The molecule has 74 valence electrons. The molecule has 0 amide bonds. The number of hydrogen-bond donors (Lipinski definition) is 0. The van der Waals surface area contributed by atoms with Crippen molar-refractivity contribution in [3.05, 3.63) is 29.8 Å². The van der Waals surface area contributed by atoms with Crippen molar-refractivity contribution in [3.63, 3.8) is 0 Å². The molecule has 1 aliphatic heterocycles. The summed E-state index contributed by atoms with van der Waals surface area (Å²) in [6.07, 6.45) is 6.58. The Bertz CT molecular complexity index is 379.